The second kappa shape index (κ2) is 18.7. The van der Waals surface area contributed by atoms with Gasteiger partial charge >= 0.3 is 5.97 Å². The molecule has 0 saturated heterocycles. The van der Waals surface area contributed by atoms with Crippen molar-refractivity contribution >= 4 is 38.3 Å². The molecule has 0 spiro atoms. The molecular formula is C21H38INO4. The van der Waals surface area contributed by atoms with Crippen molar-refractivity contribution in [1.29, 1.82) is 0 Å². The molecule has 0 unspecified atom stereocenters. The molecule has 0 rings (SSSR count). The molecule has 0 aliphatic carbocycles. The number of amides is 1. The number of carbonyl (C=O) groups excluding carboxylic acids is 2. The Balaban J connectivity index is 3.51. The van der Waals surface area contributed by atoms with E-state index in [1.807, 2.05) is 0 Å². The first-order chi connectivity index (χ1) is 13.0. The van der Waals surface area contributed by atoms with Gasteiger partial charge in [0.1, 0.15) is 6.04 Å². The summed E-state index contributed by atoms with van der Waals surface area (Å²) in [6, 6.07) is -0.960. The number of nitrogens with one attached hydrogen (secondary N) is 1. The van der Waals surface area contributed by atoms with Crippen molar-refractivity contribution in [1.82, 2.24) is 5.32 Å². The van der Waals surface area contributed by atoms with Gasteiger partial charge in [0, 0.05) is 12.8 Å². The lowest BCUT2D eigenvalue weighted by Crippen LogP contribution is -2.40. The quantitative estimate of drug-likeness (QED) is 0.135. The monoisotopic (exact) mass is 495 g/mol. The third-order valence-electron chi connectivity index (χ3n) is 4.77. The van der Waals surface area contributed by atoms with Crippen molar-refractivity contribution in [2.24, 2.45) is 0 Å². The summed E-state index contributed by atoms with van der Waals surface area (Å²) in [6.07, 6.45) is 16.9. The van der Waals surface area contributed by atoms with E-state index in [0.29, 0.717) is 6.42 Å². The van der Waals surface area contributed by atoms with E-state index in [9.17, 15) is 14.4 Å². The Labute approximate surface area is 178 Å². The Hall–Kier alpha value is -0.660. The van der Waals surface area contributed by atoms with Crippen molar-refractivity contribution in [3.63, 3.8) is 0 Å². The molecule has 0 aromatic carbocycles. The maximum atomic E-state index is 11.8. The summed E-state index contributed by atoms with van der Waals surface area (Å²) in [4.78, 5) is 33.9. The number of halogens is 1. The minimum absolute atomic E-state index is 0.0930. The summed E-state index contributed by atoms with van der Waals surface area (Å²) in [5.74, 6) is -1.31. The molecule has 5 nitrogen and oxygen atoms in total. The number of aliphatic carboxylic acids is 1. The molecule has 158 valence electrons. The lowest BCUT2D eigenvalue weighted by atomic mass is 10.0. The molecule has 0 heterocycles. The zero-order valence-corrected chi connectivity index (χ0v) is 19.1. The highest BCUT2D eigenvalue weighted by Gasteiger charge is 2.20. The zero-order valence-electron chi connectivity index (χ0n) is 16.9. The van der Waals surface area contributed by atoms with Crippen molar-refractivity contribution in [3.8, 4) is 0 Å². The minimum atomic E-state index is -1.08. The van der Waals surface area contributed by atoms with E-state index in [1.165, 1.54) is 64.2 Å². The lowest BCUT2D eigenvalue weighted by Gasteiger charge is -2.13. The largest absolute Gasteiger partial charge is 0.480 e. The van der Waals surface area contributed by atoms with E-state index in [2.05, 4.69) is 12.2 Å². The Bertz CT molecular complexity index is 415. The van der Waals surface area contributed by atoms with Crippen LogP contribution >= 0.6 is 22.6 Å². The summed E-state index contributed by atoms with van der Waals surface area (Å²) in [7, 11) is 0. The van der Waals surface area contributed by atoms with Crippen LogP contribution in [0.4, 0.5) is 0 Å². The van der Waals surface area contributed by atoms with E-state index in [4.69, 9.17) is 5.11 Å². The molecule has 0 aromatic rings. The van der Waals surface area contributed by atoms with Crippen LogP contribution in [-0.2, 0) is 14.4 Å². The van der Waals surface area contributed by atoms with Crippen LogP contribution in [0.2, 0.25) is 0 Å². The molecule has 0 bridgehead atoms. The lowest BCUT2D eigenvalue weighted by molar-refractivity contribution is -0.142. The highest BCUT2D eigenvalue weighted by atomic mass is 127. The van der Waals surface area contributed by atoms with Gasteiger partial charge in [0.05, 0.1) is 0 Å². The van der Waals surface area contributed by atoms with E-state index < -0.39 is 12.0 Å². The number of unbranched alkanes of at least 4 members (excludes halogenated alkanes) is 12. The normalized spacial score (nSPS) is 11.9. The Morgan fingerprint density at radius 3 is 1.63 bits per heavy atom. The SMILES string of the molecule is CCCCCCCCCCCCCCCC(=O)N[C@@H](CCC(=O)I)C(=O)O. The number of hydrogen-bond acceptors (Lipinski definition) is 3. The molecular weight excluding hydrogens is 457 g/mol. The fourth-order valence-electron chi connectivity index (χ4n) is 3.09. The van der Waals surface area contributed by atoms with Gasteiger partial charge in [0.2, 0.25) is 5.91 Å². The number of carboxylic acid groups (broad SMARTS) is 1. The van der Waals surface area contributed by atoms with Crippen LogP contribution in [0.1, 0.15) is 110 Å². The Kier molecular flexibility index (Phi) is 18.2. The molecule has 6 heteroatoms. The van der Waals surface area contributed by atoms with Crippen molar-refractivity contribution in [2.75, 3.05) is 0 Å². The zero-order chi connectivity index (χ0) is 20.3. The van der Waals surface area contributed by atoms with Crippen LogP contribution in [0.25, 0.3) is 0 Å². The number of hydrogen-bond donors (Lipinski definition) is 2. The molecule has 27 heavy (non-hydrogen) atoms. The summed E-state index contributed by atoms with van der Waals surface area (Å²) < 4.78 is -0.0930. The number of rotatable bonds is 19. The first-order valence-corrected chi connectivity index (χ1v) is 11.8. The fraction of sp³-hybridized carbons (Fsp3) is 0.857. The second-order valence-corrected chi connectivity index (χ2v) is 8.55. The van der Waals surface area contributed by atoms with Crippen LogP contribution < -0.4 is 5.32 Å². The smallest absolute Gasteiger partial charge is 0.326 e. The average Bonchev–Trinajstić information content (AvgIpc) is 2.62. The van der Waals surface area contributed by atoms with Crippen LogP contribution in [0.3, 0.4) is 0 Å². The topological polar surface area (TPSA) is 83.5 Å². The van der Waals surface area contributed by atoms with Gasteiger partial charge in [-0.3, -0.25) is 9.59 Å². The second-order valence-electron chi connectivity index (χ2n) is 7.34. The van der Waals surface area contributed by atoms with Gasteiger partial charge in [-0.15, -0.1) is 0 Å². The summed E-state index contributed by atoms with van der Waals surface area (Å²) in [5.41, 5.74) is 0. The molecule has 0 fully saturated rings. The highest BCUT2D eigenvalue weighted by Crippen LogP contribution is 2.13. The highest BCUT2D eigenvalue weighted by molar-refractivity contribution is 14.1. The first kappa shape index (κ1) is 26.3. The predicted molar refractivity (Wildman–Crippen MR) is 118 cm³/mol. The Morgan fingerprint density at radius 1 is 0.778 bits per heavy atom. The minimum Gasteiger partial charge on any atom is -0.480 e. The maximum Gasteiger partial charge on any atom is 0.326 e. The summed E-state index contributed by atoms with van der Waals surface area (Å²) >= 11 is 1.64. The standard InChI is InChI=1S/C21H38INO4/c1-2-3-4-5-6-7-8-9-10-11-12-13-14-15-20(25)23-18(21(26)27)16-17-19(22)24/h18H,2-17H2,1H3,(H,23,25)(H,26,27)/t18-/m0/s1. The maximum absolute atomic E-state index is 11.8. The van der Waals surface area contributed by atoms with Crippen molar-refractivity contribution in [2.45, 2.75) is 116 Å². The predicted octanol–water partition coefficient (Wildman–Crippen LogP) is 5.78. The van der Waals surface area contributed by atoms with E-state index in [-0.39, 0.29) is 22.5 Å². The molecule has 1 atom stereocenters. The van der Waals surface area contributed by atoms with Gasteiger partial charge < -0.3 is 10.4 Å². The molecule has 1 amide bonds. The molecule has 0 aromatic heterocycles. The third-order valence-corrected chi connectivity index (χ3v) is 5.31. The van der Waals surface area contributed by atoms with Crippen LogP contribution in [0.15, 0.2) is 0 Å². The van der Waals surface area contributed by atoms with E-state index in [1.54, 1.807) is 22.6 Å². The van der Waals surface area contributed by atoms with Gasteiger partial charge in [0.25, 0.3) is 0 Å². The fourth-order valence-corrected chi connectivity index (χ4v) is 3.40. The van der Waals surface area contributed by atoms with Gasteiger partial charge in [-0.1, -0.05) is 84.0 Å². The molecule has 0 radical (unpaired) electrons. The molecule has 0 saturated carbocycles. The number of carboxylic acids is 1. The van der Waals surface area contributed by atoms with Gasteiger partial charge in [0.15, 0.2) is 3.79 Å². The van der Waals surface area contributed by atoms with Crippen molar-refractivity contribution in [3.05, 3.63) is 0 Å². The van der Waals surface area contributed by atoms with E-state index in [0.717, 1.165) is 19.3 Å². The van der Waals surface area contributed by atoms with Crippen LogP contribution in [-0.4, -0.2) is 26.8 Å². The van der Waals surface area contributed by atoms with Gasteiger partial charge in [-0.25, -0.2) is 4.79 Å². The summed E-state index contributed by atoms with van der Waals surface area (Å²) in [5, 5.41) is 11.6. The van der Waals surface area contributed by atoms with Gasteiger partial charge in [-0.05, 0) is 35.4 Å². The van der Waals surface area contributed by atoms with E-state index >= 15 is 0 Å². The Morgan fingerprint density at radius 2 is 1.22 bits per heavy atom. The molecule has 0 aliphatic heterocycles. The van der Waals surface area contributed by atoms with Crippen LogP contribution in [0.5, 0.6) is 0 Å². The first-order valence-electron chi connectivity index (χ1n) is 10.7. The summed E-state index contributed by atoms with van der Waals surface area (Å²) in [6.45, 7) is 2.25. The molecule has 0 aliphatic rings. The van der Waals surface area contributed by atoms with Crippen LogP contribution in [0, 0.1) is 0 Å². The van der Waals surface area contributed by atoms with Gasteiger partial charge in [-0.2, -0.15) is 0 Å². The number of carbonyl (C=O) groups is 3. The van der Waals surface area contributed by atoms with Crippen molar-refractivity contribution < 1.29 is 19.5 Å². The third kappa shape index (κ3) is 18.5. The molecule has 2 N–H and O–H groups in total. The average molecular weight is 495 g/mol.